The number of rotatable bonds is 6. The Balaban J connectivity index is 2.89. The Labute approximate surface area is 120 Å². The molecule has 20 heavy (non-hydrogen) atoms. The number of sulfonamides is 1. The second-order valence-corrected chi connectivity index (χ2v) is 7.42. The van der Waals surface area contributed by atoms with Crippen LogP contribution >= 0.6 is 0 Å². The molecule has 0 saturated carbocycles. The molecule has 1 N–H and O–H groups in total. The van der Waals surface area contributed by atoms with Crippen LogP contribution in [0.5, 0.6) is 0 Å². The Morgan fingerprint density at radius 1 is 1.45 bits per heavy atom. The van der Waals surface area contributed by atoms with Crippen molar-refractivity contribution in [2.75, 3.05) is 27.2 Å². The molecule has 1 aromatic rings. The van der Waals surface area contributed by atoms with Crippen LogP contribution in [0.2, 0.25) is 0 Å². The predicted molar refractivity (Wildman–Crippen MR) is 76.5 cm³/mol. The molecule has 0 bridgehead atoms. The van der Waals surface area contributed by atoms with E-state index in [0.29, 0.717) is 0 Å². The van der Waals surface area contributed by atoms with Gasteiger partial charge in [-0.25, -0.2) is 18.1 Å². The van der Waals surface area contributed by atoms with Crippen molar-refractivity contribution in [1.82, 2.24) is 14.6 Å². The topological polar surface area (TPSA) is 86.1 Å². The van der Waals surface area contributed by atoms with Crippen LogP contribution < -0.4 is 4.72 Å². The Kier molecular flexibility index (Phi) is 5.22. The molecule has 1 heterocycles. The molecule has 0 fully saturated rings. The van der Waals surface area contributed by atoms with Gasteiger partial charge in [0.2, 0.25) is 10.0 Å². The Hall–Kier alpha value is -1.49. The molecule has 1 rings (SSSR count). The van der Waals surface area contributed by atoms with Gasteiger partial charge >= 0.3 is 0 Å². The van der Waals surface area contributed by atoms with E-state index in [9.17, 15) is 8.42 Å². The van der Waals surface area contributed by atoms with E-state index in [-0.39, 0.29) is 22.5 Å². The van der Waals surface area contributed by atoms with E-state index >= 15 is 0 Å². The summed E-state index contributed by atoms with van der Waals surface area (Å²) >= 11 is 0. The van der Waals surface area contributed by atoms with E-state index in [1.165, 1.54) is 18.3 Å². The molecule has 0 aliphatic carbocycles. The number of nitrogens with zero attached hydrogens (tertiary/aromatic N) is 3. The largest absolute Gasteiger partial charge is 0.309 e. The van der Waals surface area contributed by atoms with Gasteiger partial charge in [-0.3, -0.25) is 0 Å². The molecule has 0 atom stereocenters. The first-order valence-electron chi connectivity index (χ1n) is 6.17. The molecule has 7 heteroatoms. The minimum Gasteiger partial charge on any atom is -0.309 e. The summed E-state index contributed by atoms with van der Waals surface area (Å²) in [5, 5.41) is 8.92. The van der Waals surface area contributed by atoms with Crippen LogP contribution in [0.15, 0.2) is 23.2 Å². The Morgan fingerprint density at radius 3 is 2.65 bits per heavy atom. The van der Waals surface area contributed by atoms with Gasteiger partial charge in [-0.2, -0.15) is 5.26 Å². The first-order chi connectivity index (χ1) is 9.18. The molecular formula is C13H20N4O2S. The zero-order chi connectivity index (χ0) is 15.4. The third-order valence-electron chi connectivity index (χ3n) is 2.65. The molecule has 0 spiro atoms. The summed E-state index contributed by atoms with van der Waals surface area (Å²) in [6, 6.07) is 4.67. The van der Waals surface area contributed by atoms with Crippen molar-refractivity contribution in [1.29, 1.82) is 5.26 Å². The average molecular weight is 296 g/mol. The molecule has 0 aliphatic rings. The smallest absolute Gasteiger partial charge is 0.243 e. The minimum atomic E-state index is -3.73. The number of hydrogen-bond acceptors (Lipinski definition) is 5. The number of hydrogen-bond donors (Lipinski definition) is 1. The second kappa shape index (κ2) is 6.31. The van der Waals surface area contributed by atoms with Gasteiger partial charge in [0.1, 0.15) is 11.0 Å². The van der Waals surface area contributed by atoms with Gasteiger partial charge in [0.15, 0.2) is 5.69 Å². The lowest BCUT2D eigenvalue weighted by Gasteiger charge is -2.28. The van der Waals surface area contributed by atoms with Gasteiger partial charge < -0.3 is 4.90 Å². The number of nitriles is 1. The van der Waals surface area contributed by atoms with Gasteiger partial charge in [0.05, 0.1) is 0 Å². The highest BCUT2D eigenvalue weighted by Gasteiger charge is 2.24. The molecule has 6 nitrogen and oxygen atoms in total. The van der Waals surface area contributed by atoms with Gasteiger partial charge in [0.25, 0.3) is 0 Å². The lowest BCUT2D eigenvalue weighted by Crippen LogP contribution is -2.40. The molecule has 0 unspecified atom stereocenters. The summed E-state index contributed by atoms with van der Waals surface area (Å²) in [5.41, 5.74) is -0.309. The SMILES string of the molecule is CN(C)CC(C)(C)CNS(=O)(=O)c1cccnc1C#N. The van der Waals surface area contributed by atoms with Crippen LogP contribution in [0, 0.1) is 16.7 Å². The van der Waals surface area contributed by atoms with Crippen molar-refractivity contribution in [2.45, 2.75) is 18.7 Å². The molecule has 0 radical (unpaired) electrons. The molecular weight excluding hydrogens is 276 g/mol. The maximum atomic E-state index is 12.2. The predicted octanol–water partition coefficient (Wildman–Crippen LogP) is 0.819. The lowest BCUT2D eigenvalue weighted by atomic mass is 9.93. The van der Waals surface area contributed by atoms with Crippen molar-refractivity contribution in [3.63, 3.8) is 0 Å². The molecule has 0 saturated heterocycles. The summed E-state index contributed by atoms with van der Waals surface area (Å²) < 4.78 is 27.0. The highest BCUT2D eigenvalue weighted by Crippen LogP contribution is 2.17. The molecule has 0 aliphatic heterocycles. The van der Waals surface area contributed by atoms with E-state index < -0.39 is 10.0 Å². The first kappa shape index (κ1) is 16.6. The highest BCUT2D eigenvalue weighted by molar-refractivity contribution is 7.89. The average Bonchev–Trinajstić information content (AvgIpc) is 2.35. The normalized spacial score (nSPS) is 12.4. The van der Waals surface area contributed by atoms with Crippen LogP contribution in [-0.4, -0.2) is 45.5 Å². The zero-order valence-corrected chi connectivity index (χ0v) is 13.0. The molecule has 110 valence electrons. The summed E-state index contributed by atoms with van der Waals surface area (Å²) in [4.78, 5) is 5.69. The minimum absolute atomic E-state index is 0.0804. The quantitative estimate of drug-likeness (QED) is 0.840. The van der Waals surface area contributed by atoms with Crippen LogP contribution in [0.3, 0.4) is 0 Å². The van der Waals surface area contributed by atoms with E-state index in [4.69, 9.17) is 5.26 Å². The van der Waals surface area contributed by atoms with Crippen molar-refractivity contribution >= 4 is 10.0 Å². The highest BCUT2D eigenvalue weighted by atomic mass is 32.2. The van der Waals surface area contributed by atoms with Crippen LogP contribution in [0.1, 0.15) is 19.5 Å². The first-order valence-corrected chi connectivity index (χ1v) is 7.66. The lowest BCUT2D eigenvalue weighted by molar-refractivity contribution is 0.242. The van der Waals surface area contributed by atoms with E-state index in [1.807, 2.05) is 32.8 Å². The fourth-order valence-electron chi connectivity index (χ4n) is 1.97. The number of nitrogens with one attached hydrogen (secondary N) is 1. The summed E-state index contributed by atoms with van der Waals surface area (Å²) in [7, 11) is 0.146. The molecule has 0 amide bonds. The second-order valence-electron chi connectivity index (χ2n) is 5.69. The molecule has 1 aromatic heterocycles. The van der Waals surface area contributed by atoms with Crippen LogP contribution in [0.4, 0.5) is 0 Å². The Bertz CT molecular complexity index is 603. The van der Waals surface area contributed by atoms with Crippen LogP contribution in [0.25, 0.3) is 0 Å². The van der Waals surface area contributed by atoms with Gasteiger partial charge in [-0.15, -0.1) is 0 Å². The van der Waals surface area contributed by atoms with Crippen molar-refractivity contribution in [2.24, 2.45) is 5.41 Å². The third kappa shape index (κ3) is 4.56. The fraction of sp³-hybridized carbons (Fsp3) is 0.538. The number of aromatic nitrogens is 1. The van der Waals surface area contributed by atoms with Crippen LogP contribution in [-0.2, 0) is 10.0 Å². The third-order valence-corrected chi connectivity index (χ3v) is 4.08. The van der Waals surface area contributed by atoms with Crippen molar-refractivity contribution < 1.29 is 8.42 Å². The summed E-state index contributed by atoms with van der Waals surface area (Å²) in [6.45, 7) is 4.98. The number of pyridine rings is 1. The van der Waals surface area contributed by atoms with Crippen molar-refractivity contribution in [3.05, 3.63) is 24.0 Å². The maximum Gasteiger partial charge on any atom is 0.243 e. The van der Waals surface area contributed by atoms with Gasteiger partial charge in [-0.1, -0.05) is 13.8 Å². The summed E-state index contributed by atoms with van der Waals surface area (Å²) in [6.07, 6.45) is 1.40. The fourth-order valence-corrected chi connectivity index (χ4v) is 3.32. The monoisotopic (exact) mass is 296 g/mol. The van der Waals surface area contributed by atoms with E-state index in [0.717, 1.165) is 6.54 Å². The van der Waals surface area contributed by atoms with Crippen molar-refractivity contribution in [3.8, 4) is 6.07 Å². The maximum absolute atomic E-state index is 12.2. The zero-order valence-electron chi connectivity index (χ0n) is 12.2. The summed E-state index contributed by atoms with van der Waals surface area (Å²) in [5.74, 6) is 0. The van der Waals surface area contributed by atoms with E-state index in [1.54, 1.807) is 6.07 Å². The molecule has 0 aromatic carbocycles. The Morgan fingerprint density at radius 2 is 2.10 bits per heavy atom. The van der Waals surface area contributed by atoms with Gasteiger partial charge in [-0.05, 0) is 31.6 Å². The van der Waals surface area contributed by atoms with Gasteiger partial charge in [0, 0.05) is 19.3 Å². The van der Waals surface area contributed by atoms with E-state index in [2.05, 4.69) is 9.71 Å². The standard InChI is InChI=1S/C13H20N4O2S/c1-13(2,10-17(3)4)9-16-20(18,19)12-6-5-7-15-11(12)8-14/h5-7,16H,9-10H2,1-4H3.